The first kappa shape index (κ1) is 17.2. The van der Waals surface area contributed by atoms with Crippen LogP contribution in [0.5, 0.6) is 0 Å². The molecule has 6 heteroatoms. The lowest BCUT2D eigenvalue weighted by Gasteiger charge is -2.22. The van der Waals surface area contributed by atoms with Crippen molar-refractivity contribution in [3.05, 3.63) is 0 Å². The van der Waals surface area contributed by atoms with Gasteiger partial charge in [0.25, 0.3) is 0 Å². The molecule has 0 fully saturated rings. The van der Waals surface area contributed by atoms with Crippen LogP contribution in [0.3, 0.4) is 0 Å². The van der Waals surface area contributed by atoms with Crippen LogP contribution in [0.2, 0.25) is 0 Å². The zero-order valence-corrected chi connectivity index (χ0v) is 12.6. The fraction of sp³-hybridized carbons (Fsp3) is 0.833. The molecule has 0 saturated carbocycles. The third-order valence-electron chi connectivity index (χ3n) is 1.80. The number of hydrogen-bond donors (Lipinski definition) is 1. The third kappa shape index (κ3) is 9.30. The second-order valence-electron chi connectivity index (χ2n) is 4.87. The van der Waals surface area contributed by atoms with Crippen LogP contribution >= 0.6 is 11.8 Å². The molecule has 1 N–H and O–H groups in total. The van der Waals surface area contributed by atoms with E-state index in [1.807, 2.05) is 0 Å². The van der Waals surface area contributed by atoms with Gasteiger partial charge in [-0.1, -0.05) is 0 Å². The Hall–Kier alpha value is -0.750. The lowest BCUT2D eigenvalue weighted by molar-refractivity contribution is -0.157. The minimum atomic E-state index is -0.625. The predicted octanol–water partition coefficient (Wildman–Crippen LogP) is 1.21. The number of thioether (sulfide) groups is 1. The van der Waals surface area contributed by atoms with E-state index in [4.69, 9.17) is 9.47 Å². The first-order valence-electron chi connectivity index (χ1n) is 5.85. The van der Waals surface area contributed by atoms with Crippen molar-refractivity contribution in [1.29, 1.82) is 0 Å². The van der Waals surface area contributed by atoms with Gasteiger partial charge in [-0.2, -0.15) is 0 Å². The summed E-state index contributed by atoms with van der Waals surface area (Å²) in [5.74, 6) is 0.480. The van der Waals surface area contributed by atoms with Gasteiger partial charge in [0.2, 0.25) is 5.91 Å². The van der Waals surface area contributed by atoms with Crippen LogP contribution in [0.25, 0.3) is 0 Å². The molecule has 0 aliphatic carbocycles. The van der Waals surface area contributed by atoms with Crippen molar-refractivity contribution in [2.75, 3.05) is 25.2 Å². The molecule has 0 aromatic heterocycles. The summed E-state index contributed by atoms with van der Waals surface area (Å²) in [6, 6.07) is -0.625. The second kappa shape index (κ2) is 8.37. The topological polar surface area (TPSA) is 64.6 Å². The monoisotopic (exact) mass is 277 g/mol. The number of rotatable bonds is 7. The van der Waals surface area contributed by atoms with Gasteiger partial charge in [0.15, 0.2) is 0 Å². The second-order valence-corrected chi connectivity index (χ2v) is 5.97. The molecule has 0 aliphatic heterocycles. The summed E-state index contributed by atoms with van der Waals surface area (Å²) in [7, 11) is 1.62. The summed E-state index contributed by atoms with van der Waals surface area (Å²) in [4.78, 5) is 23.1. The van der Waals surface area contributed by atoms with Gasteiger partial charge in [0.05, 0.1) is 12.4 Å². The molecule has 0 saturated heterocycles. The Balaban J connectivity index is 3.89. The Morgan fingerprint density at radius 2 is 1.94 bits per heavy atom. The molecule has 0 aromatic carbocycles. The van der Waals surface area contributed by atoms with Gasteiger partial charge in [-0.3, -0.25) is 4.79 Å². The van der Waals surface area contributed by atoms with Crippen molar-refractivity contribution < 1.29 is 19.1 Å². The highest BCUT2D eigenvalue weighted by molar-refractivity contribution is 7.99. The molecule has 0 radical (unpaired) electrons. The van der Waals surface area contributed by atoms with E-state index in [0.717, 1.165) is 5.75 Å². The normalized spacial score (nSPS) is 12.9. The highest BCUT2D eigenvalue weighted by Crippen LogP contribution is 2.08. The average Bonchev–Trinajstić information content (AvgIpc) is 2.22. The van der Waals surface area contributed by atoms with E-state index in [1.165, 1.54) is 11.8 Å². The van der Waals surface area contributed by atoms with Crippen LogP contribution in [-0.2, 0) is 19.1 Å². The Bertz CT molecular complexity index is 276. The molecular weight excluding hydrogens is 254 g/mol. The molecule has 0 aromatic rings. The van der Waals surface area contributed by atoms with Gasteiger partial charge in [-0.05, 0) is 27.7 Å². The number of esters is 1. The van der Waals surface area contributed by atoms with Gasteiger partial charge in [-0.25, -0.2) is 4.79 Å². The van der Waals surface area contributed by atoms with Crippen molar-refractivity contribution in [2.45, 2.75) is 39.3 Å². The lowest BCUT2D eigenvalue weighted by atomic mass is 10.2. The Morgan fingerprint density at radius 3 is 2.44 bits per heavy atom. The maximum atomic E-state index is 11.6. The van der Waals surface area contributed by atoms with E-state index in [1.54, 1.807) is 34.8 Å². The summed E-state index contributed by atoms with van der Waals surface area (Å²) < 4.78 is 10.0. The number of hydrogen-bond acceptors (Lipinski definition) is 5. The number of methoxy groups -OCH3 is 1. The van der Waals surface area contributed by atoms with Crippen molar-refractivity contribution >= 4 is 23.6 Å². The maximum Gasteiger partial charge on any atom is 0.328 e. The van der Waals surface area contributed by atoms with Crippen molar-refractivity contribution in [2.24, 2.45) is 0 Å². The maximum absolute atomic E-state index is 11.6. The summed E-state index contributed by atoms with van der Waals surface area (Å²) in [5, 5.41) is 2.60. The van der Waals surface area contributed by atoms with E-state index in [0.29, 0.717) is 12.4 Å². The molecule has 18 heavy (non-hydrogen) atoms. The van der Waals surface area contributed by atoms with E-state index in [2.05, 4.69) is 5.32 Å². The molecule has 0 heterocycles. The van der Waals surface area contributed by atoms with Gasteiger partial charge in [0, 0.05) is 12.9 Å². The van der Waals surface area contributed by atoms with E-state index in [9.17, 15) is 9.59 Å². The fourth-order valence-corrected chi connectivity index (χ4v) is 1.74. The van der Waals surface area contributed by atoms with Crippen LogP contribution in [-0.4, -0.2) is 48.7 Å². The first-order chi connectivity index (χ1) is 8.26. The molecule has 106 valence electrons. The molecule has 0 spiro atoms. The van der Waals surface area contributed by atoms with Crippen LogP contribution in [0.1, 0.15) is 27.7 Å². The first-order valence-corrected chi connectivity index (χ1v) is 7.00. The van der Waals surface area contributed by atoms with Crippen LogP contribution in [0, 0.1) is 0 Å². The highest BCUT2D eigenvalue weighted by atomic mass is 32.2. The SMILES string of the molecule is COCCSCC(=O)N[C@H](C)C(=O)OC(C)(C)C. The van der Waals surface area contributed by atoms with E-state index < -0.39 is 17.6 Å². The van der Waals surface area contributed by atoms with Crippen molar-refractivity contribution in [3.63, 3.8) is 0 Å². The molecule has 0 unspecified atom stereocenters. The predicted molar refractivity (Wildman–Crippen MR) is 72.7 cm³/mol. The van der Waals surface area contributed by atoms with E-state index in [-0.39, 0.29) is 5.91 Å². The smallest absolute Gasteiger partial charge is 0.328 e. The van der Waals surface area contributed by atoms with Gasteiger partial charge in [-0.15, -0.1) is 11.8 Å². The van der Waals surface area contributed by atoms with Crippen molar-refractivity contribution in [3.8, 4) is 0 Å². The largest absolute Gasteiger partial charge is 0.458 e. The molecule has 1 amide bonds. The highest BCUT2D eigenvalue weighted by Gasteiger charge is 2.22. The minimum Gasteiger partial charge on any atom is -0.458 e. The molecular formula is C12H23NO4S. The molecule has 0 bridgehead atoms. The van der Waals surface area contributed by atoms with Crippen LogP contribution in [0.15, 0.2) is 0 Å². The van der Waals surface area contributed by atoms with E-state index >= 15 is 0 Å². The summed E-state index contributed by atoms with van der Waals surface area (Å²) >= 11 is 1.46. The van der Waals surface area contributed by atoms with Gasteiger partial charge in [0.1, 0.15) is 11.6 Å². The third-order valence-corrected chi connectivity index (χ3v) is 2.72. The summed E-state index contributed by atoms with van der Waals surface area (Å²) in [5.41, 5.74) is -0.538. The Kier molecular flexibility index (Phi) is 8.02. The standard InChI is InChI=1S/C12H23NO4S/c1-9(11(15)17-12(2,3)4)13-10(14)8-18-7-6-16-5/h9H,6-8H2,1-5H3,(H,13,14)/t9-/m1/s1. The van der Waals surface area contributed by atoms with Crippen LogP contribution in [0.4, 0.5) is 0 Å². The summed E-state index contributed by atoms with van der Waals surface area (Å²) in [6.07, 6.45) is 0. The molecule has 0 aliphatic rings. The molecule has 1 atom stereocenters. The van der Waals surface area contributed by atoms with Gasteiger partial charge < -0.3 is 14.8 Å². The van der Waals surface area contributed by atoms with Gasteiger partial charge >= 0.3 is 5.97 Å². The molecule has 0 rings (SSSR count). The zero-order chi connectivity index (χ0) is 14.2. The number of nitrogens with one attached hydrogen (secondary N) is 1. The average molecular weight is 277 g/mol. The Morgan fingerprint density at radius 1 is 1.33 bits per heavy atom. The quantitative estimate of drug-likeness (QED) is 0.560. The summed E-state index contributed by atoms with van der Waals surface area (Å²) in [6.45, 7) is 7.60. The lowest BCUT2D eigenvalue weighted by Crippen LogP contribution is -2.42. The number of carbonyl (C=O) groups is 2. The zero-order valence-electron chi connectivity index (χ0n) is 11.7. The molecule has 5 nitrogen and oxygen atoms in total. The minimum absolute atomic E-state index is 0.172. The fourth-order valence-electron chi connectivity index (χ4n) is 1.04. The van der Waals surface area contributed by atoms with Crippen molar-refractivity contribution in [1.82, 2.24) is 5.32 Å². The Labute approximate surface area is 113 Å². The van der Waals surface area contributed by atoms with Crippen LogP contribution < -0.4 is 5.32 Å². The number of amides is 1. The number of ether oxygens (including phenoxy) is 2. The number of carbonyl (C=O) groups excluding carboxylic acids is 2.